The average molecular weight is 884 g/mol. The van der Waals surface area contributed by atoms with Crippen molar-refractivity contribution in [2.75, 3.05) is 5.32 Å². The zero-order valence-corrected chi connectivity index (χ0v) is 45.4. The zero-order valence-electron chi connectivity index (χ0n) is 45.4. The first-order valence-corrected chi connectivity index (χ1v) is 23.3. The molecular formula is C54H97N3O6. The van der Waals surface area contributed by atoms with Gasteiger partial charge >= 0.3 is 0 Å². The van der Waals surface area contributed by atoms with Gasteiger partial charge in [-0.2, -0.15) is 0 Å². The lowest BCUT2D eigenvalue weighted by molar-refractivity contribution is -0.130. The molecule has 0 aliphatic carbocycles. The molecule has 0 radical (unpaired) electrons. The van der Waals surface area contributed by atoms with Crippen molar-refractivity contribution in [3.05, 3.63) is 29.3 Å². The lowest BCUT2D eigenvalue weighted by Crippen LogP contribution is -2.51. The number of Topliss-reactive ketones (excluding diaryl/α,β-unsaturated/α-hetero) is 6. The summed E-state index contributed by atoms with van der Waals surface area (Å²) in [6, 6.07) is 5.20. The molecule has 1 aromatic carbocycles. The van der Waals surface area contributed by atoms with Crippen LogP contribution in [0.4, 0.5) is 5.69 Å². The Hall–Kier alpha value is -3.04. The molecule has 364 valence electrons. The highest BCUT2D eigenvalue weighted by atomic mass is 16.1. The first-order valence-electron chi connectivity index (χ1n) is 23.3. The SMILES string of the molecule is CC(C)(C)N[C@@H](CCC(=O)C(C)(C)C)C(=O)C(C)(C)C.CC(C)(C)N[C@H](CCCC(=O)C(C)(C)C)C(=O)C(C)(C)C.CC(C)Nc1cc(C(=O)C(C)(C)C)cc(C(=O)C(C)(C)C)c1. The topological polar surface area (TPSA) is 139 Å². The Balaban J connectivity index is 0. The largest absolute Gasteiger partial charge is 0.383 e. The Morgan fingerprint density at radius 3 is 1.02 bits per heavy atom. The summed E-state index contributed by atoms with van der Waals surface area (Å²) < 4.78 is 0. The second kappa shape index (κ2) is 23.4. The minimum absolute atomic E-state index is 0.0443. The number of hydrogen-bond donors (Lipinski definition) is 3. The Bertz CT molecular complexity index is 1640. The van der Waals surface area contributed by atoms with E-state index < -0.39 is 16.2 Å². The van der Waals surface area contributed by atoms with E-state index in [0.717, 1.165) is 18.5 Å². The minimum atomic E-state index is -0.474. The minimum Gasteiger partial charge on any atom is -0.383 e. The average Bonchev–Trinajstić information content (AvgIpc) is 3.04. The number of hydrogen-bond acceptors (Lipinski definition) is 9. The molecule has 9 heteroatoms. The monoisotopic (exact) mass is 884 g/mol. The molecule has 9 nitrogen and oxygen atoms in total. The predicted molar refractivity (Wildman–Crippen MR) is 267 cm³/mol. The molecule has 0 saturated carbocycles. The normalized spacial score (nSPS) is 14.1. The molecule has 1 rings (SSSR count). The van der Waals surface area contributed by atoms with E-state index in [1.165, 1.54) is 0 Å². The van der Waals surface area contributed by atoms with Crippen LogP contribution in [0.5, 0.6) is 0 Å². The van der Waals surface area contributed by atoms with Crippen molar-refractivity contribution in [2.24, 2.45) is 32.5 Å². The lowest BCUT2D eigenvalue weighted by Gasteiger charge is -2.32. The van der Waals surface area contributed by atoms with Gasteiger partial charge in [-0.25, -0.2) is 0 Å². The van der Waals surface area contributed by atoms with Crippen LogP contribution >= 0.6 is 0 Å². The summed E-state index contributed by atoms with van der Waals surface area (Å²) in [6.07, 6.45) is 3.03. The smallest absolute Gasteiger partial charge is 0.168 e. The number of anilines is 1. The van der Waals surface area contributed by atoms with Crippen LogP contribution in [0.3, 0.4) is 0 Å². The molecule has 0 unspecified atom stereocenters. The summed E-state index contributed by atoms with van der Waals surface area (Å²) in [7, 11) is 0. The van der Waals surface area contributed by atoms with Gasteiger partial charge in [0.15, 0.2) is 23.1 Å². The highest BCUT2D eigenvalue weighted by Crippen LogP contribution is 2.29. The van der Waals surface area contributed by atoms with Crippen LogP contribution in [0.2, 0.25) is 0 Å². The maximum absolute atomic E-state index is 12.6. The van der Waals surface area contributed by atoms with Crippen LogP contribution in [0.1, 0.15) is 233 Å². The summed E-state index contributed by atoms with van der Waals surface area (Å²) in [5, 5.41) is 10.1. The number of nitrogens with one attached hydrogen (secondary N) is 3. The molecule has 0 aliphatic heterocycles. The van der Waals surface area contributed by atoms with E-state index in [-0.39, 0.29) is 80.1 Å². The summed E-state index contributed by atoms with van der Waals surface area (Å²) in [6.45, 7) is 51.0. The van der Waals surface area contributed by atoms with Gasteiger partial charge in [0.05, 0.1) is 12.1 Å². The van der Waals surface area contributed by atoms with E-state index in [1.807, 2.05) is 171 Å². The van der Waals surface area contributed by atoms with Gasteiger partial charge in [-0.15, -0.1) is 0 Å². The third kappa shape index (κ3) is 25.9. The molecule has 0 bridgehead atoms. The summed E-state index contributed by atoms with van der Waals surface area (Å²) >= 11 is 0. The first kappa shape index (κ1) is 62.0. The third-order valence-corrected chi connectivity index (χ3v) is 9.83. The molecule has 0 spiro atoms. The Kier molecular flexibility index (Phi) is 23.1. The first-order chi connectivity index (χ1) is 27.6. The number of carbonyl (C=O) groups is 6. The van der Waals surface area contributed by atoms with Gasteiger partial charge in [0.2, 0.25) is 0 Å². The molecule has 1 aromatic rings. The zero-order chi connectivity index (χ0) is 50.7. The van der Waals surface area contributed by atoms with Gasteiger partial charge in [0, 0.05) is 79.3 Å². The quantitative estimate of drug-likeness (QED) is 0.147. The van der Waals surface area contributed by atoms with Crippen molar-refractivity contribution in [2.45, 2.75) is 241 Å². The fourth-order valence-electron chi connectivity index (χ4n) is 6.29. The van der Waals surface area contributed by atoms with Gasteiger partial charge in [-0.05, 0) is 92.9 Å². The second-order valence-corrected chi connectivity index (χ2v) is 26.2. The number of carbonyl (C=O) groups excluding carboxylic acids is 6. The Morgan fingerprint density at radius 2 is 0.746 bits per heavy atom. The van der Waals surface area contributed by atoms with Crippen LogP contribution in [-0.4, -0.2) is 63.9 Å². The number of benzene rings is 1. The summed E-state index contributed by atoms with van der Waals surface area (Å²) in [5.41, 5.74) is -0.593. The van der Waals surface area contributed by atoms with Crippen LogP contribution in [0, 0.1) is 32.5 Å². The van der Waals surface area contributed by atoms with Crippen molar-refractivity contribution >= 4 is 40.4 Å². The van der Waals surface area contributed by atoms with E-state index in [4.69, 9.17) is 0 Å². The highest BCUT2D eigenvalue weighted by Gasteiger charge is 2.34. The molecule has 2 atom stereocenters. The van der Waals surface area contributed by atoms with Crippen LogP contribution < -0.4 is 16.0 Å². The van der Waals surface area contributed by atoms with Crippen LogP contribution in [0.25, 0.3) is 0 Å². The fourth-order valence-corrected chi connectivity index (χ4v) is 6.29. The third-order valence-electron chi connectivity index (χ3n) is 9.83. The van der Waals surface area contributed by atoms with Crippen molar-refractivity contribution in [1.29, 1.82) is 0 Å². The van der Waals surface area contributed by atoms with Gasteiger partial charge in [0.1, 0.15) is 11.6 Å². The Labute approximate surface area is 387 Å². The van der Waals surface area contributed by atoms with Crippen molar-refractivity contribution in [1.82, 2.24) is 10.6 Å². The van der Waals surface area contributed by atoms with Crippen LogP contribution in [-0.2, 0) is 19.2 Å². The molecule has 0 saturated heterocycles. The molecule has 3 N–H and O–H groups in total. The van der Waals surface area contributed by atoms with Crippen molar-refractivity contribution < 1.29 is 28.8 Å². The maximum atomic E-state index is 12.6. The van der Waals surface area contributed by atoms with Crippen molar-refractivity contribution in [3.63, 3.8) is 0 Å². The summed E-state index contributed by atoms with van der Waals surface area (Å²) in [4.78, 5) is 74.3. The van der Waals surface area contributed by atoms with Crippen LogP contribution in [0.15, 0.2) is 18.2 Å². The molecule has 0 fully saturated rings. The molecule has 0 aliphatic rings. The van der Waals surface area contributed by atoms with E-state index in [2.05, 4.69) is 36.7 Å². The molecule has 0 heterocycles. The fraction of sp³-hybridized carbons (Fsp3) is 0.778. The van der Waals surface area contributed by atoms with E-state index in [1.54, 1.807) is 6.07 Å². The molecular weight excluding hydrogens is 787 g/mol. The van der Waals surface area contributed by atoms with Gasteiger partial charge < -0.3 is 16.0 Å². The van der Waals surface area contributed by atoms with E-state index in [0.29, 0.717) is 30.4 Å². The van der Waals surface area contributed by atoms with Gasteiger partial charge in [-0.3, -0.25) is 28.8 Å². The van der Waals surface area contributed by atoms with E-state index >= 15 is 0 Å². The van der Waals surface area contributed by atoms with Gasteiger partial charge in [-0.1, -0.05) is 125 Å². The summed E-state index contributed by atoms with van der Waals surface area (Å²) in [5.74, 6) is 0.959. The molecule has 63 heavy (non-hydrogen) atoms. The highest BCUT2D eigenvalue weighted by molar-refractivity contribution is 6.06. The molecule has 0 aromatic heterocycles. The maximum Gasteiger partial charge on any atom is 0.168 e. The van der Waals surface area contributed by atoms with Crippen molar-refractivity contribution in [3.8, 4) is 0 Å². The lowest BCUT2D eigenvalue weighted by atomic mass is 9.81. The second-order valence-electron chi connectivity index (χ2n) is 26.2. The van der Waals surface area contributed by atoms with Gasteiger partial charge in [0.25, 0.3) is 0 Å². The van der Waals surface area contributed by atoms with E-state index in [9.17, 15) is 28.8 Å². The predicted octanol–water partition coefficient (Wildman–Crippen LogP) is 12.9. The standard InChI is InChI=1S/C19H29NO2.C18H35NO2.C17H33NO2/c1-12(2)20-15-10-13(16(21)18(3,4)5)9-14(11-15)17(22)19(6,7)8;1-16(2,3)14(20)12-10-11-13(19-18(7,8)9)15(21)17(4,5)6;1-15(2,3)13(19)11-10-12(18-17(7,8)9)14(20)16(4,5)6/h9-12,20H,1-8H3;13,19H,10-12H2,1-9H3;12,18H,10-11H2,1-9H3/t;13-;12-/m.10/s1. The number of ketones is 6. The molecule has 0 amide bonds. The number of rotatable bonds is 15. The Morgan fingerprint density at radius 1 is 0.429 bits per heavy atom.